The number of pyridine rings is 1. The minimum Gasteiger partial charge on any atom is -0.466 e. The minimum atomic E-state index is -0.477. The topological polar surface area (TPSA) is 82.0 Å². The fraction of sp³-hybridized carbons (Fsp3) is 0.522. The van der Waals surface area contributed by atoms with Gasteiger partial charge in [0.25, 0.3) is 0 Å². The number of aromatic nitrogens is 3. The Labute approximate surface area is 200 Å². The second-order valence-electron chi connectivity index (χ2n) is 8.25. The zero-order chi connectivity index (χ0) is 22.8. The Bertz CT molecular complexity index is 1190. The Kier molecular flexibility index (Phi) is 7.37. The molecule has 3 aromatic rings. The standard InChI is InChI=1S/C23H27N3O3S3/c1-5-29-17(28)10-13(27)11-31-22-20-19(25-23(26-22)30-4)18-15-8-6-7-14(15)16(9-12(2)3)24-21(18)32-20/h12H,5-11H2,1-4H3. The predicted octanol–water partition coefficient (Wildman–Crippen LogP) is 5.26. The van der Waals surface area contributed by atoms with E-state index in [9.17, 15) is 9.59 Å². The number of rotatable bonds is 9. The van der Waals surface area contributed by atoms with Gasteiger partial charge in [-0.2, -0.15) is 0 Å². The van der Waals surface area contributed by atoms with Crippen LogP contribution in [-0.4, -0.2) is 45.3 Å². The van der Waals surface area contributed by atoms with Crippen molar-refractivity contribution in [3.8, 4) is 0 Å². The lowest BCUT2D eigenvalue weighted by Crippen LogP contribution is -2.12. The van der Waals surface area contributed by atoms with Gasteiger partial charge in [0.2, 0.25) is 0 Å². The molecular weight excluding hydrogens is 462 g/mol. The number of nitrogens with zero attached hydrogens (tertiary/aromatic N) is 3. The van der Waals surface area contributed by atoms with E-state index >= 15 is 0 Å². The average molecular weight is 490 g/mol. The molecule has 0 spiro atoms. The van der Waals surface area contributed by atoms with Crippen LogP contribution in [0.2, 0.25) is 0 Å². The summed E-state index contributed by atoms with van der Waals surface area (Å²) in [6.45, 7) is 6.48. The summed E-state index contributed by atoms with van der Waals surface area (Å²) in [4.78, 5) is 39.6. The molecule has 0 fully saturated rings. The van der Waals surface area contributed by atoms with Crippen molar-refractivity contribution in [2.45, 2.75) is 63.1 Å². The summed E-state index contributed by atoms with van der Waals surface area (Å²) in [5.74, 6) is 0.0932. The molecule has 0 saturated heterocycles. The van der Waals surface area contributed by atoms with Crippen molar-refractivity contribution in [3.05, 3.63) is 16.8 Å². The normalized spacial score (nSPS) is 13.3. The van der Waals surface area contributed by atoms with Crippen LogP contribution in [0.1, 0.15) is 50.4 Å². The molecule has 0 atom stereocenters. The minimum absolute atomic E-state index is 0.162. The number of carbonyl (C=O) groups is 2. The Morgan fingerprint density at radius 2 is 1.94 bits per heavy atom. The molecule has 9 heteroatoms. The van der Waals surface area contributed by atoms with Crippen molar-refractivity contribution in [2.24, 2.45) is 5.92 Å². The number of fused-ring (bicyclic) bond motifs is 5. The SMILES string of the molecule is CCOC(=O)CC(=O)CSc1nc(SC)nc2c1sc1nc(CC(C)C)c3c(c12)CCC3. The van der Waals surface area contributed by atoms with E-state index in [-0.39, 0.29) is 24.6 Å². The van der Waals surface area contributed by atoms with E-state index in [0.717, 1.165) is 45.8 Å². The van der Waals surface area contributed by atoms with Crippen LogP contribution < -0.4 is 0 Å². The van der Waals surface area contributed by atoms with Crippen molar-refractivity contribution >= 4 is 67.0 Å². The Hall–Kier alpha value is -1.71. The Balaban J connectivity index is 1.75. The van der Waals surface area contributed by atoms with Gasteiger partial charge in [0.15, 0.2) is 10.9 Å². The fourth-order valence-corrected chi connectivity index (χ4v) is 6.67. The van der Waals surface area contributed by atoms with Gasteiger partial charge in [-0.05, 0) is 55.9 Å². The third kappa shape index (κ3) is 4.79. The highest BCUT2D eigenvalue weighted by atomic mass is 32.2. The first-order valence-corrected chi connectivity index (χ1v) is 13.9. The molecule has 170 valence electrons. The van der Waals surface area contributed by atoms with E-state index in [1.807, 2.05) is 6.26 Å². The maximum absolute atomic E-state index is 12.3. The second-order valence-corrected chi connectivity index (χ2v) is 11.0. The number of thioether (sulfide) groups is 2. The first-order valence-electron chi connectivity index (χ1n) is 10.9. The van der Waals surface area contributed by atoms with Crippen LogP contribution in [-0.2, 0) is 33.6 Å². The first-order chi connectivity index (χ1) is 15.4. The van der Waals surface area contributed by atoms with E-state index in [2.05, 4.69) is 13.8 Å². The van der Waals surface area contributed by atoms with Crippen molar-refractivity contribution in [1.82, 2.24) is 15.0 Å². The molecule has 0 unspecified atom stereocenters. The summed E-state index contributed by atoms with van der Waals surface area (Å²) in [5.41, 5.74) is 4.99. The molecule has 4 rings (SSSR count). The van der Waals surface area contributed by atoms with Crippen LogP contribution in [0, 0.1) is 5.92 Å². The van der Waals surface area contributed by atoms with Gasteiger partial charge in [-0.25, -0.2) is 15.0 Å². The maximum Gasteiger partial charge on any atom is 0.313 e. The molecular formula is C23H27N3O3S3. The van der Waals surface area contributed by atoms with Crippen LogP contribution in [0.15, 0.2) is 10.2 Å². The summed E-state index contributed by atoms with van der Waals surface area (Å²) in [6.07, 6.45) is 6.04. The first kappa shape index (κ1) is 23.4. The molecule has 0 bridgehead atoms. The zero-order valence-electron chi connectivity index (χ0n) is 18.8. The molecule has 0 saturated carbocycles. The van der Waals surface area contributed by atoms with Gasteiger partial charge in [0, 0.05) is 11.1 Å². The Morgan fingerprint density at radius 1 is 1.16 bits per heavy atom. The molecule has 0 aliphatic heterocycles. The van der Waals surface area contributed by atoms with Crippen LogP contribution in [0.4, 0.5) is 0 Å². The Morgan fingerprint density at radius 3 is 2.66 bits per heavy atom. The molecule has 0 N–H and O–H groups in total. The molecule has 6 nitrogen and oxygen atoms in total. The van der Waals surface area contributed by atoms with Crippen LogP contribution in [0.25, 0.3) is 20.4 Å². The monoisotopic (exact) mass is 489 g/mol. The van der Waals surface area contributed by atoms with Gasteiger partial charge < -0.3 is 4.74 Å². The summed E-state index contributed by atoms with van der Waals surface area (Å²) in [5, 5.41) is 2.65. The summed E-state index contributed by atoms with van der Waals surface area (Å²) in [7, 11) is 0. The number of ether oxygens (including phenoxy) is 1. The third-order valence-corrected chi connectivity index (χ3v) is 8.16. The van der Waals surface area contributed by atoms with E-state index in [1.165, 1.54) is 45.7 Å². The number of aryl methyl sites for hydroxylation is 1. The molecule has 32 heavy (non-hydrogen) atoms. The quantitative estimate of drug-likeness (QED) is 0.132. The van der Waals surface area contributed by atoms with E-state index in [4.69, 9.17) is 19.7 Å². The van der Waals surface area contributed by atoms with Gasteiger partial charge in [0.05, 0.1) is 22.6 Å². The van der Waals surface area contributed by atoms with Crippen molar-refractivity contribution in [2.75, 3.05) is 18.6 Å². The number of esters is 1. The van der Waals surface area contributed by atoms with Crippen LogP contribution in [0.5, 0.6) is 0 Å². The maximum atomic E-state index is 12.3. The predicted molar refractivity (Wildman–Crippen MR) is 132 cm³/mol. The van der Waals surface area contributed by atoms with Crippen molar-refractivity contribution < 1.29 is 14.3 Å². The molecule has 1 aliphatic carbocycles. The number of hydrogen-bond acceptors (Lipinski definition) is 9. The lowest BCUT2D eigenvalue weighted by atomic mass is 9.99. The number of ketones is 1. The van der Waals surface area contributed by atoms with Gasteiger partial charge in [-0.15, -0.1) is 11.3 Å². The smallest absolute Gasteiger partial charge is 0.313 e. The highest BCUT2D eigenvalue weighted by Crippen LogP contribution is 2.43. The fourth-order valence-electron chi connectivity index (χ4n) is 4.12. The highest BCUT2D eigenvalue weighted by molar-refractivity contribution is 8.00. The summed E-state index contributed by atoms with van der Waals surface area (Å²) >= 11 is 4.49. The van der Waals surface area contributed by atoms with Crippen LogP contribution >= 0.6 is 34.9 Å². The average Bonchev–Trinajstić information content (AvgIpc) is 3.36. The number of thiophene rings is 1. The molecule has 0 radical (unpaired) electrons. The third-order valence-electron chi connectivity index (χ3n) is 5.37. The van der Waals surface area contributed by atoms with Crippen molar-refractivity contribution in [1.29, 1.82) is 0 Å². The number of Topliss-reactive ketones (excluding diaryl/α,β-unsaturated/α-hetero) is 1. The van der Waals surface area contributed by atoms with Crippen LogP contribution in [0.3, 0.4) is 0 Å². The lowest BCUT2D eigenvalue weighted by molar-refractivity contribution is -0.145. The molecule has 0 aromatic carbocycles. The van der Waals surface area contributed by atoms with Gasteiger partial charge in [-0.3, -0.25) is 9.59 Å². The lowest BCUT2D eigenvalue weighted by Gasteiger charge is -2.11. The second kappa shape index (κ2) is 10.1. The molecule has 3 aromatic heterocycles. The number of hydrogen-bond donors (Lipinski definition) is 0. The van der Waals surface area contributed by atoms with E-state index < -0.39 is 5.97 Å². The molecule has 1 aliphatic rings. The summed E-state index contributed by atoms with van der Waals surface area (Å²) < 4.78 is 5.87. The molecule has 0 amide bonds. The van der Waals surface area contributed by atoms with Gasteiger partial charge in [0.1, 0.15) is 16.3 Å². The molecule has 3 heterocycles. The summed E-state index contributed by atoms with van der Waals surface area (Å²) in [6, 6.07) is 0. The van der Waals surface area contributed by atoms with Crippen molar-refractivity contribution in [3.63, 3.8) is 0 Å². The largest absolute Gasteiger partial charge is 0.466 e. The van der Waals surface area contributed by atoms with E-state index in [0.29, 0.717) is 11.1 Å². The highest BCUT2D eigenvalue weighted by Gasteiger charge is 2.25. The van der Waals surface area contributed by atoms with Gasteiger partial charge in [-0.1, -0.05) is 37.4 Å². The zero-order valence-corrected chi connectivity index (χ0v) is 21.3. The number of carbonyl (C=O) groups excluding carboxylic acids is 2. The van der Waals surface area contributed by atoms with E-state index in [1.54, 1.807) is 18.3 Å². The van der Waals surface area contributed by atoms with Gasteiger partial charge >= 0.3 is 5.97 Å².